The number of hydrogen-bond acceptors (Lipinski definition) is 0. The van der Waals surface area contributed by atoms with E-state index in [0.29, 0.717) is 0 Å². The van der Waals surface area contributed by atoms with Gasteiger partial charge in [0.2, 0.25) is 0 Å². The number of hydrogen-bond donors (Lipinski definition) is 0. The molecule has 0 N–H and O–H groups in total. The lowest BCUT2D eigenvalue weighted by molar-refractivity contribution is 0.561. The molecule has 0 saturated carbocycles. The molecule has 0 amide bonds. The van der Waals surface area contributed by atoms with Gasteiger partial charge in [0.15, 0.2) is 0 Å². The van der Waals surface area contributed by atoms with Crippen LogP contribution in [0.15, 0.2) is 54.9 Å². The summed E-state index contributed by atoms with van der Waals surface area (Å²) in [6.07, 6.45) is 4.44. The van der Waals surface area contributed by atoms with Crippen LogP contribution in [0.5, 0.6) is 0 Å². The van der Waals surface area contributed by atoms with Gasteiger partial charge in [-0.25, -0.2) is 0 Å². The Morgan fingerprint density at radius 2 is 1.63 bits per heavy atom. The number of benzene rings is 1. The van der Waals surface area contributed by atoms with Crippen LogP contribution in [0.4, 0.5) is 0 Å². The van der Waals surface area contributed by atoms with Gasteiger partial charge < -0.3 is 9.13 Å². The molecule has 4 rings (SSSR count). The molecule has 2 nitrogen and oxygen atoms in total. The van der Waals surface area contributed by atoms with Crippen molar-refractivity contribution >= 4 is 0 Å². The van der Waals surface area contributed by atoms with Crippen molar-refractivity contribution in [1.29, 1.82) is 0 Å². The summed E-state index contributed by atoms with van der Waals surface area (Å²) in [6, 6.07) is 15.4. The molecule has 0 aliphatic carbocycles. The van der Waals surface area contributed by atoms with E-state index in [0.717, 1.165) is 13.1 Å². The Hall–Kier alpha value is -2.22. The summed E-state index contributed by atoms with van der Waals surface area (Å²) >= 11 is 0. The molecule has 1 aromatic carbocycles. The summed E-state index contributed by atoms with van der Waals surface area (Å²) in [5.74, 6) is 0. The lowest BCUT2D eigenvalue weighted by Gasteiger charge is -2.18. The van der Waals surface area contributed by atoms with Gasteiger partial charge in [-0.3, -0.25) is 0 Å². The first-order valence-electron chi connectivity index (χ1n) is 6.74. The number of aromatic nitrogens is 2. The van der Waals surface area contributed by atoms with E-state index in [1.54, 1.807) is 0 Å². The summed E-state index contributed by atoms with van der Waals surface area (Å²) in [7, 11) is 0. The summed E-state index contributed by atoms with van der Waals surface area (Å²) in [6.45, 7) is 4.25. The lowest BCUT2D eigenvalue weighted by Crippen LogP contribution is -2.14. The van der Waals surface area contributed by atoms with Crippen molar-refractivity contribution in [3.05, 3.63) is 60.4 Å². The van der Waals surface area contributed by atoms with E-state index in [2.05, 4.69) is 70.9 Å². The molecule has 0 unspecified atom stereocenters. The molecule has 94 valence electrons. The number of aryl methyl sites for hydroxylation is 3. The van der Waals surface area contributed by atoms with Gasteiger partial charge in [-0.2, -0.15) is 0 Å². The van der Waals surface area contributed by atoms with E-state index >= 15 is 0 Å². The van der Waals surface area contributed by atoms with Crippen LogP contribution in [-0.4, -0.2) is 9.13 Å². The first kappa shape index (κ1) is 10.7. The minimum atomic E-state index is 1.06. The second-order valence-electron chi connectivity index (χ2n) is 5.26. The maximum Gasteiger partial charge on any atom is 0.0654 e. The van der Waals surface area contributed by atoms with Crippen LogP contribution >= 0.6 is 0 Å². The Labute approximate surface area is 112 Å². The fraction of sp³-hybridized carbons (Fsp3) is 0.176. The monoisotopic (exact) mass is 248 g/mol. The van der Waals surface area contributed by atoms with Gasteiger partial charge in [-0.15, -0.1) is 0 Å². The topological polar surface area (TPSA) is 9.86 Å². The highest BCUT2D eigenvalue weighted by molar-refractivity contribution is 5.71. The molecule has 0 atom stereocenters. The second kappa shape index (κ2) is 3.89. The van der Waals surface area contributed by atoms with Crippen LogP contribution < -0.4 is 0 Å². The van der Waals surface area contributed by atoms with E-state index in [1.807, 2.05) is 0 Å². The predicted molar refractivity (Wildman–Crippen MR) is 78.0 cm³/mol. The van der Waals surface area contributed by atoms with Crippen molar-refractivity contribution in [3.8, 4) is 22.5 Å². The zero-order valence-electron chi connectivity index (χ0n) is 11.0. The summed E-state index contributed by atoms with van der Waals surface area (Å²) < 4.78 is 4.69. The normalized spacial score (nSPS) is 13.1. The summed E-state index contributed by atoms with van der Waals surface area (Å²) in [5, 5.41) is 0. The molecule has 3 aromatic rings. The van der Waals surface area contributed by atoms with Gasteiger partial charge in [0, 0.05) is 31.0 Å². The number of fused-ring (bicyclic) bond motifs is 3. The standard InChI is InChI=1S/C17H16N2/c1-13-4-6-14(7-5-13)15-11-17-16-3-2-8-18(16)9-10-19(17)12-15/h2-8,11-12H,9-10H2,1H3. The first-order chi connectivity index (χ1) is 9.31. The molecule has 0 bridgehead atoms. The lowest BCUT2D eigenvalue weighted by atomic mass is 10.1. The van der Waals surface area contributed by atoms with Gasteiger partial charge in [0.05, 0.1) is 11.4 Å². The molecule has 0 fully saturated rings. The largest absolute Gasteiger partial charge is 0.345 e. The molecular weight excluding hydrogens is 232 g/mol. The molecule has 2 heteroatoms. The fourth-order valence-electron chi connectivity index (χ4n) is 2.87. The smallest absolute Gasteiger partial charge is 0.0654 e. The first-order valence-corrected chi connectivity index (χ1v) is 6.74. The van der Waals surface area contributed by atoms with Crippen molar-refractivity contribution < 1.29 is 0 Å². The molecule has 1 aliphatic heterocycles. The van der Waals surface area contributed by atoms with Gasteiger partial charge in [-0.1, -0.05) is 29.8 Å². The SMILES string of the molecule is Cc1ccc(-c2cc3n(c2)CCn2cccc2-3)cc1. The average Bonchev–Trinajstić information content (AvgIpc) is 3.04. The van der Waals surface area contributed by atoms with E-state index in [1.165, 1.54) is 28.1 Å². The Kier molecular flexibility index (Phi) is 2.18. The van der Waals surface area contributed by atoms with Crippen LogP contribution in [-0.2, 0) is 13.1 Å². The van der Waals surface area contributed by atoms with Crippen molar-refractivity contribution in [3.63, 3.8) is 0 Å². The number of rotatable bonds is 1. The van der Waals surface area contributed by atoms with Crippen LogP contribution in [0.3, 0.4) is 0 Å². The zero-order chi connectivity index (χ0) is 12.8. The highest BCUT2D eigenvalue weighted by Gasteiger charge is 2.16. The van der Waals surface area contributed by atoms with Gasteiger partial charge in [0.1, 0.15) is 0 Å². The molecule has 0 spiro atoms. The van der Waals surface area contributed by atoms with E-state index in [9.17, 15) is 0 Å². The Morgan fingerprint density at radius 3 is 2.47 bits per heavy atom. The van der Waals surface area contributed by atoms with E-state index in [-0.39, 0.29) is 0 Å². The molecular formula is C17H16N2. The Bertz CT molecular complexity index is 729. The second-order valence-corrected chi connectivity index (χ2v) is 5.26. The number of nitrogens with zero attached hydrogens (tertiary/aromatic N) is 2. The quantitative estimate of drug-likeness (QED) is 0.617. The summed E-state index contributed by atoms with van der Waals surface area (Å²) in [5.41, 5.74) is 6.56. The predicted octanol–water partition coefficient (Wildman–Crippen LogP) is 3.95. The van der Waals surface area contributed by atoms with Crippen molar-refractivity contribution in [2.75, 3.05) is 0 Å². The van der Waals surface area contributed by atoms with Gasteiger partial charge >= 0.3 is 0 Å². The molecule has 3 heterocycles. The minimum absolute atomic E-state index is 1.06. The van der Waals surface area contributed by atoms with Crippen molar-refractivity contribution in [2.45, 2.75) is 20.0 Å². The average molecular weight is 248 g/mol. The fourth-order valence-corrected chi connectivity index (χ4v) is 2.87. The molecule has 0 radical (unpaired) electrons. The highest BCUT2D eigenvalue weighted by atomic mass is 15.1. The van der Waals surface area contributed by atoms with Gasteiger partial charge in [-0.05, 0) is 30.7 Å². The maximum absolute atomic E-state index is 2.37. The Morgan fingerprint density at radius 1 is 0.842 bits per heavy atom. The van der Waals surface area contributed by atoms with Crippen LogP contribution in [0.2, 0.25) is 0 Å². The van der Waals surface area contributed by atoms with Crippen LogP contribution in [0.1, 0.15) is 5.56 Å². The maximum atomic E-state index is 2.37. The highest BCUT2D eigenvalue weighted by Crippen LogP contribution is 2.31. The Balaban J connectivity index is 1.84. The molecule has 1 aliphatic rings. The molecule has 0 saturated heterocycles. The van der Waals surface area contributed by atoms with Gasteiger partial charge in [0.25, 0.3) is 0 Å². The van der Waals surface area contributed by atoms with Crippen molar-refractivity contribution in [2.24, 2.45) is 0 Å². The minimum Gasteiger partial charge on any atom is -0.345 e. The third-order valence-corrected chi connectivity index (χ3v) is 3.96. The van der Waals surface area contributed by atoms with Crippen LogP contribution in [0.25, 0.3) is 22.5 Å². The zero-order valence-corrected chi connectivity index (χ0v) is 11.0. The molecule has 2 aromatic heterocycles. The van der Waals surface area contributed by atoms with E-state index in [4.69, 9.17) is 0 Å². The van der Waals surface area contributed by atoms with Crippen LogP contribution in [0, 0.1) is 6.92 Å². The van der Waals surface area contributed by atoms with Crippen molar-refractivity contribution in [1.82, 2.24) is 9.13 Å². The third kappa shape index (κ3) is 1.64. The third-order valence-electron chi connectivity index (χ3n) is 3.96. The van der Waals surface area contributed by atoms with E-state index < -0.39 is 0 Å². The summed E-state index contributed by atoms with van der Waals surface area (Å²) in [4.78, 5) is 0. The molecule has 19 heavy (non-hydrogen) atoms.